The van der Waals surface area contributed by atoms with E-state index in [4.69, 9.17) is 16.6 Å². The van der Waals surface area contributed by atoms with Crippen molar-refractivity contribution in [3.63, 3.8) is 0 Å². The number of nitriles is 1. The minimum absolute atomic E-state index is 0.103. The Kier molecular flexibility index (Phi) is 8.13. The van der Waals surface area contributed by atoms with Gasteiger partial charge in [0.05, 0.1) is 19.2 Å². The number of benzene rings is 2. The van der Waals surface area contributed by atoms with Crippen LogP contribution in [0.5, 0.6) is 5.75 Å². The highest BCUT2D eigenvalue weighted by Gasteiger charge is 2.15. The number of likely N-dealkylation sites (N-methyl/N-ethyl adjacent to an activating group) is 1. The van der Waals surface area contributed by atoms with E-state index in [0.717, 1.165) is 41.6 Å². The summed E-state index contributed by atoms with van der Waals surface area (Å²) in [5.41, 5.74) is 4.62. The van der Waals surface area contributed by atoms with E-state index in [1.807, 2.05) is 25.1 Å². The van der Waals surface area contributed by atoms with Gasteiger partial charge in [0.25, 0.3) is 5.70 Å². The molecule has 0 amide bonds. The fourth-order valence-electron chi connectivity index (χ4n) is 4.27. The molecule has 0 radical (unpaired) electrons. The van der Waals surface area contributed by atoms with Crippen molar-refractivity contribution in [1.29, 1.82) is 5.26 Å². The zero-order chi connectivity index (χ0) is 22.1. The normalized spacial score (nSPS) is 14.5. The van der Waals surface area contributed by atoms with E-state index < -0.39 is 0 Å². The lowest BCUT2D eigenvalue weighted by Gasteiger charge is -2.24. The number of aryl methyl sites for hydroxylation is 1. The minimum atomic E-state index is 0.103. The van der Waals surface area contributed by atoms with Gasteiger partial charge in [-0.2, -0.15) is 0 Å². The lowest BCUT2D eigenvalue weighted by atomic mass is 9.84. The highest BCUT2D eigenvalue weighted by atomic mass is 16.5. The van der Waals surface area contributed by atoms with Crippen molar-refractivity contribution >= 4 is 11.8 Å². The van der Waals surface area contributed by atoms with Crippen LogP contribution in [0.15, 0.2) is 48.2 Å². The van der Waals surface area contributed by atoms with Crippen molar-refractivity contribution in [2.75, 3.05) is 24.6 Å². The quantitative estimate of drug-likeness (QED) is 0.356. The molecular formula is C27H31N3O. The van der Waals surface area contributed by atoms with Gasteiger partial charge in [-0.15, -0.1) is 0 Å². The summed E-state index contributed by atoms with van der Waals surface area (Å²) in [6.07, 6.45) is 8.36. The average Bonchev–Trinajstić information content (AvgIpc) is 2.82. The minimum Gasteiger partial charge on any atom is -0.492 e. The molecule has 4 nitrogen and oxygen atoms in total. The lowest BCUT2D eigenvalue weighted by Crippen LogP contribution is -2.28. The molecule has 0 atom stereocenters. The van der Waals surface area contributed by atoms with Crippen LogP contribution in [-0.4, -0.2) is 19.7 Å². The highest BCUT2D eigenvalue weighted by molar-refractivity contribution is 5.65. The van der Waals surface area contributed by atoms with Gasteiger partial charge in [-0.3, -0.25) is 0 Å². The Balaban J connectivity index is 1.57. The lowest BCUT2D eigenvalue weighted by molar-refractivity contribution is 0.324. The van der Waals surface area contributed by atoms with E-state index in [-0.39, 0.29) is 5.70 Å². The topological polar surface area (TPSA) is 40.6 Å². The smallest absolute Gasteiger partial charge is 0.262 e. The molecule has 0 unspecified atom stereocenters. The largest absolute Gasteiger partial charge is 0.492 e. The SMILES string of the molecule is [C-]#[N+]/C(C#N)=C\c1ccc(N(CC)CCOc2ccc(C3CCCCC3)cc2)cc1C. The summed E-state index contributed by atoms with van der Waals surface area (Å²) < 4.78 is 6.02. The van der Waals surface area contributed by atoms with E-state index in [1.165, 1.54) is 37.7 Å². The van der Waals surface area contributed by atoms with E-state index >= 15 is 0 Å². The number of rotatable bonds is 8. The molecule has 2 aromatic rings. The molecule has 0 saturated heterocycles. The average molecular weight is 414 g/mol. The first-order chi connectivity index (χ1) is 15.1. The predicted molar refractivity (Wildman–Crippen MR) is 127 cm³/mol. The van der Waals surface area contributed by atoms with E-state index in [1.54, 1.807) is 6.08 Å². The molecule has 0 N–H and O–H groups in total. The van der Waals surface area contributed by atoms with Crippen LogP contribution in [0.25, 0.3) is 10.9 Å². The highest BCUT2D eigenvalue weighted by Crippen LogP contribution is 2.33. The fourth-order valence-corrected chi connectivity index (χ4v) is 4.27. The second-order valence-corrected chi connectivity index (χ2v) is 8.13. The summed E-state index contributed by atoms with van der Waals surface area (Å²) in [4.78, 5) is 5.52. The summed E-state index contributed by atoms with van der Waals surface area (Å²) in [5.74, 6) is 1.65. The van der Waals surface area contributed by atoms with Crippen LogP contribution in [0, 0.1) is 24.8 Å². The molecule has 0 bridgehead atoms. The van der Waals surface area contributed by atoms with Gasteiger partial charge in [0.15, 0.2) is 0 Å². The third kappa shape index (κ3) is 6.12. The number of allylic oxidation sites excluding steroid dienone is 1. The van der Waals surface area contributed by atoms with Crippen LogP contribution >= 0.6 is 0 Å². The van der Waals surface area contributed by atoms with Gasteiger partial charge in [-0.1, -0.05) is 37.5 Å². The standard InChI is InChI=1S/C27H31N3O/c1-4-30(26-13-10-24(21(2)18-26)19-25(20-28)29-3)16-17-31-27-14-11-23(12-15-27)22-8-6-5-7-9-22/h10-15,18-19,22H,4-9,16-17H2,1-2H3/b25-19-. The zero-order valence-electron chi connectivity index (χ0n) is 18.6. The summed E-state index contributed by atoms with van der Waals surface area (Å²) in [5, 5.41) is 8.98. The Labute approximate surface area is 186 Å². The van der Waals surface area contributed by atoms with Crippen molar-refractivity contribution in [3.05, 3.63) is 76.3 Å². The van der Waals surface area contributed by atoms with Crippen LogP contribution in [-0.2, 0) is 0 Å². The molecular weight excluding hydrogens is 382 g/mol. The molecule has 4 heteroatoms. The van der Waals surface area contributed by atoms with Crippen molar-refractivity contribution in [1.82, 2.24) is 0 Å². The Morgan fingerprint density at radius 1 is 1.19 bits per heavy atom. The van der Waals surface area contributed by atoms with Crippen LogP contribution < -0.4 is 9.64 Å². The maximum absolute atomic E-state index is 8.98. The molecule has 31 heavy (non-hydrogen) atoms. The van der Waals surface area contributed by atoms with E-state index in [2.05, 4.69) is 47.0 Å². The summed E-state index contributed by atoms with van der Waals surface area (Å²) in [6.45, 7) is 13.5. The second kappa shape index (κ2) is 11.2. The molecule has 1 aliphatic rings. The summed E-state index contributed by atoms with van der Waals surface area (Å²) in [7, 11) is 0. The molecule has 0 aromatic heterocycles. The summed E-state index contributed by atoms with van der Waals surface area (Å²) in [6, 6.07) is 16.7. The van der Waals surface area contributed by atoms with Gasteiger partial charge >= 0.3 is 0 Å². The zero-order valence-corrected chi connectivity index (χ0v) is 18.6. The Morgan fingerprint density at radius 2 is 1.94 bits per heavy atom. The number of ether oxygens (including phenoxy) is 1. The first-order valence-corrected chi connectivity index (χ1v) is 11.2. The number of hydrogen-bond acceptors (Lipinski definition) is 3. The molecule has 0 aliphatic heterocycles. The fraction of sp³-hybridized carbons (Fsp3) is 0.407. The number of nitrogens with zero attached hydrogens (tertiary/aromatic N) is 3. The molecule has 1 aliphatic carbocycles. The van der Waals surface area contributed by atoms with Gasteiger partial charge in [0.1, 0.15) is 12.4 Å². The first-order valence-electron chi connectivity index (χ1n) is 11.2. The van der Waals surface area contributed by atoms with Gasteiger partial charge in [-0.05, 0) is 79.6 Å². The maximum Gasteiger partial charge on any atom is 0.262 e. The molecule has 3 rings (SSSR count). The van der Waals surface area contributed by atoms with Crippen molar-refractivity contribution in [2.45, 2.75) is 51.9 Å². The Morgan fingerprint density at radius 3 is 2.55 bits per heavy atom. The molecule has 160 valence electrons. The van der Waals surface area contributed by atoms with Gasteiger partial charge < -0.3 is 9.64 Å². The molecule has 1 saturated carbocycles. The monoisotopic (exact) mass is 413 g/mol. The number of anilines is 1. The van der Waals surface area contributed by atoms with Crippen molar-refractivity contribution < 1.29 is 4.74 Å². The summed E-state index contributed by atoms with van der Waals surface area (Å²) >= 11 is 0. The van der Waals surface area contributed by atoms with Gasteiger partial charge in [0.2, 0.25) is 0 Å². The molecule has 1 fully saturated rings. The van der Waals surface area contributed by atoms with Crippen LogP contribution in [0.1, 0.15) is 61.6 Å². The van der Waals surface area contributed by atoms with E-state index in [0.29, 0.717) is 6.61 Å². The third-order valence-electron chi connectivity index (χ3n) is 6.11. The third-order valence-corrected chi connectivity index (χ3v) is 6.11. The van der Waals surface area contributed by atoms with Crippen LogP contribution in [0.3, 0.4) is 0 Å². The van der Waals surface area contributed by atoms with Gasteiger partial charge in [-0.25, -0.2) is 10.1 Å². The Hall–Kier alpha value is -3.24. The van der Waals surface area contributed by atoms with Crippen LogP contribution in [0.2, 0.25) is 0 Å². The maximum atomic E-state index is 8.98. The molecule has 0 heterocycles. The van der Waals surface area contributed by atoms with E-state index in [9.17, 15) is 0 Å². The first kappa shape index (κ1) is 22.4. The van der Waals surface area contributed by atoms with Crippen molar-refractivity contribution in [2.24, 2.45) is 0 Å². The second-order valence-electron chi connectivity index (χ2n) is 8.13. The number of hydrogen-bond donors (Lipinski definition) is 0. The molecule has 0 spiro atoms. The predicted octanol–water partition coefficient (Wildman–Crippen LogP) is 6.73. The Bertz CT molecular complexity index is 957. The van der Waals surface area contributed by atoms with Crippen molar-refractivity contribution in [3.8, 4) is 11.8 Å². The van der Waals surface area contributed by atoms with Crippen LogP contribution in [0.4, 0.5) is 5.69 Å². The molecule has 2 aromatic carbocycles. The van der Waals surface area contributed by atoms with Gasteiger partial charge in [0, 0.05) is 12.2 Å².